The molecule has 1 aromatic heterocycles. The number of nitrogens with one attached hydrogen (secondary N) is 1. The first kappa shape index (κ1) is 21.5. The lowest BCUT2D eigenvalue weighted by molar-refractivity contribution is 0.393. The zero-order valence-electron chi connectivity index (χ0n) is 16.4. The number of anilines is 1. The molecule has 4 nitrogen and oxygen atoms in total. The zero-order valence-corrected chi connectivity index (χ0v) is 17.1. The van der Waals surface area contributed by atoms with E-state index in [0.717, 1.165) is 12.8 Å². The highest BCUT2D eigenvalue weighted by Crippen LogP contribution is 2.28. The van der Waals surface area contributed by atoms with Crippen LogP contribution in [0.2, 0.25) is 5.02 Å². The number of benzene rings is 1. The van der Waals surface area contributed by atoms with Crippen molar-refractivity contribution in [1.29, 1.82) is 0 Å². The van der Waals surface area contributed by atoms with E-state index in [2.05, 4.69) is 12.3 Å². The Bertz CT molecular complexity index is 665. The summed E-state index contributed by atoms with van der Waals surface area (Å²) in [5.41, 5.74) is 4.82. The molecule has 0 aliphatic rings. The van der Waals surface area contributed by atoms with E-state index in [1.165, 1.54) is 80.2 Å². The number of hydrogen-bond donors (Lipinski definition) is 3. The van der Waals surface area contributed by atoms with Gasteiger partial charge in [0.2, 0.25) is 11.8 Å². The van der Waals surface area contributed by atoms with Crippen LogP contribution in [-0.2, 0) is 6.42 Å². The molecule has 0 unspecified atom stereocenters. The molecule has 5 heteroatoms. The van der Waals surface area contributed by atoms with Crippen molar-refractivity contribution < 1.29 is 10.2 Å². The van der Waals surface area contributed by atoms with Crippen LogP contribution in [0.15, 0.2) is 30.3 Å². The maximum atomic E-state index is 9.75. The van der Waals surface area contributed by atoms with Gasteiger partial charge in [0.15, 0.2) is 0 Å². The fraction of sp³-hybridized carbons (Fsp3) is 0.545. The van der Waals surface area contributed by atoms with Crippen LogP contribution in [0.25, 0.3) is 0 Å². The summed E-state index contributed by atoms with van der Waals surface area (Å²) in [5.74, 6) is -0.132. The Hall–Kier alpha value is -1.81. The molecule has 0 bridgehead atoms. The van der Waals surface area contributed by atoms with Crippen LogP contribution in [0.1, 0.15) is 76.7 Å². The number of rotatable bonds is 13. The third-order valence-electron chi connectivity index (χ3n) is 4.92. The maximum absolute atomic E-state index is 9.75. The lowest BCUT2D eigenvalue weighted by atomic mass is 10.0. The molecule has 0 amide bonds. The number of aromatic nitrogens is 1. The van der Waals surface area contributed by atoms with E-state index < -0.39 is 0 Å². The van der Waals surface area contributed by atoms with E-state index in [0.29, 0.717) is 10.7 Å². The highest BCUT2D eigenvalue weighted by molar-refractivity contribution is 6.33. The monoisotopic (exact) mass is 392 g/mol. The van der Waals surface area contributed by atoms with Crippen LogP contribution >= 0.6 is 11.6 Å². The summed E-state index contributed by atoms with van der Waals surface area (Å²) in [6.45, 7) is 2.26. The number of unbranched alkanes of at least 4 members (excludes halogenated alkanes) is 9. The molecule has 2 aromatic rings. The van der Waals surface area contributed by atoms with Crippen molar-refractivity contribution in [3.8, 4) is 11.8 Å². The van der Waals surface area contributed by atoms with Gasteiger partial charge in [0.05, 0.1) is 10.7 Å². The summed E-state index contributed by atoms with van der Waals surface area (Å²) in [7, 11) is 0. The van der Waals surface area contributed by atoms with Crippen molar-refractivity contribution in [1.82, 2.24) is 4.68 Å². The van der Waals surface area contributed by atoms with Crippen LogP contribution in [0, 0.1) is 0 Å². The van der Waals surface area contributed by atoms with Crippen molar-refractivity contribution >= 4 is 17.3 Å². The molecule has 0 fully saturated rings. The Labute approximate surface area is 168 Å². The van der Waals surface area contributed by atoms with Gasteiger partial charge in [0.25, 0.3) is 0 Å². The third-order valence-corrected chi connectivity index (χ3v) is 5.25. The largest absolute Gasteiger partial charge is 0.493 e. The van der Waals surface area contributed by atoms with E-state index in [4.69, 9.17) is 11.6 Å². The molecular weight excluding hydrogens is 360 g/mol. The van der Waals surface area contributed by atoms with Gasteiger partial charge in [-0.2, -0.15) is 4.68 Å². The standard InChI is InChI=1S/C22H33ClN2O2/c1-2-3-4-5-6-7-8-9-10-11-12-18-13-14-19(23)20(17-18)24-25-21(26)15-16-22(25)27/h13-17,24,26-27H,2-12H2,1H3. The molecule has 0 saturated carbocycles. The topological polar surface area (TPSA) is 57.4 Å². The molecule has 0 aliphatic carbocycles. The van der Waals surface area contributed by atoms with Gasteiger partial charge >= 0.3 is 0 Å². The average Bonchev–Trinajstić information content (AvgIpc) is 2.97. The van der Waals surface area contributed by atoms with Gasteiger partial charge in [0, 0.05) is 12.1 Å². The van der Waals surface area contributed by atoms with Gasteiger partial charge in [-0.05, 0) is 30.5 Å². The molecule has 1 heterocycles. The number of aryl methyl sites for hydroxylation is 1. The summed E-state index contributed by atoms with van der Waals surface area (Å²) < 4.78 is 1.20. The van der Waals surface area contributed by atoms with Crippen LogP contribution in [0.5, 0.6) is 11.8 Å². The molecule has 150 valence electrons. The molecule has 2 rings (SSSR count). The third kappa shape index (κ3) is 7.37. The lowest BCUT2D eigenvalue weighted by Crippen LogP contribution is -2.08. The van der Waals surface area contributed by atoms with E-state index >= 15 is 0 Å². The Balaban J connectivity index is 1.70. The van der Waals surface area contributed by atoms with Crippen molar-refractivity contribution in [2.45, 2.75) is 77.6 Å². The number of halogens is 1. The number of nitrogens with zero attached hydrogens (tertiary/aromatic N) is 1. The van der Waals surface area contributed by atoms with Crippen LogP contribution < -0.4 is 5.43 Å². The van der Waals surface area contributed by atoms with Gasteiger partial charge in [-0.3, -0.25) is 5.43 Å². The molecular formula is C22H33ClN2O2. The molecule has 0 radical (unpaired) electrons. The normalized spacial score (nSPS) is 11.0. The first-order valence-corrected chi connectivity index (χ1v) is 10.6. The first-order valence-electron chi connectivity index (χ1n) is 10.3. The van der Waals surface area contributed by atoms with E-state index in [1.807, 2.05) is 18.2 Å². The minimum atomic E-state index is -0.0661. The van der Waals surface area contributed by atoms with E-state index in [1.54, 1.807) is 0 Å². The quantitative estimate of drug-likeness (QED) is 0.325. The summed E-state index contributed by atoms with van der Waals surface area (Å²) in [5, 5.41) is 20.1. The molecule has 27 heavy (non-hydrogen) atoms. The van der Waals surface area contributed by atoms with Crippen molar-refractivity contribution in [2.24, 2.45) is 0 Å². The number of aromatic hydroxyl groups is 2. The predicted molar refractivity (Wildman–Crippen MR) is 114 cm³/mol. The van der Waals surface area contributed by atoms with Gasteiger partial charge in [-0.25, -0.2) is 0 Å². The van der Waals surface area contributed by atoms with E-state index in [-0.39, 0.29) is 11.8 Å². The summed E-state index contributed by atoms with van der Waals surface area (Å²) >= 11 is 6.24. The molecule has 0 saturated heterocycles. The van der Waals surface area contributed by atoms with Gasteiger partial charge in [-0.15, -0.1) is 0 Å². The molecule has 3 N–H and O–H groups in total. The minimum Gasteiger partial charge on any atom is -0.493 e. The van der Waals surface area contributed by atoms with Gasteiger partial charge in [0.1, 0.15) is 0 Å². The molecule has 0 aliphatic heterocycles. The van der Waals surface area contributed by atoms with Gasteiger partial charge in [-0.1, -0.05) is 82.4 Å². The summed E-state index contributed by atoms with van der Waals surface area (Å²) in [6, 6.07) is 8.71. The zero-order chi connectivity index (χ0) is 19.5. The maximum Gasteiger partial charge on any atom is 0.213 e. The van der Waals surface area contributed by atoms with Crippen molar-refractivity contribution in [3.05, 3.63) is 40.9 Å². The Morgan fingerprint density at radius 2 is 1.37 bits per heavy atom. The highest BCUT2D eigenvalue weighted by atomic mass is 35.5. The lowest BCUT2D eigenvalue weighted by Gasteiger charge is -2.13. The second-order valence-electron chi connectivity index (χ2n) is 7.24. The van der Waals surface area contributed by atoms with Crippen LogP contribution in [0.4, 0.5) is 5.69 Å². The average molecular weight is 393 g/mol. The summed E-state index contributed by atoms with van der Waals surface area (Å²) in [4.78, 5) is 0. The predicted octanol–water partition coefficient (Wildman–Crippen LogP) is 6.89. The van der Waals surface area contributed by atoms with Crippen molar-refractivity contribution in [2.75, 3.05) is 5.43 Å². The van der Waals surface area contributed by atoms with Crippen molar-refractivity contribution in [3.63, 3.8) is 0 Å². The first-order chi connectivity index (χ1) is 13.1. The SMILES string of the molecule is CCCCCCCCCCCCc1ccc(Cl)c(Nn2c(O)ccc2O)c1. The molecule has 1 aromatic carbocycles. The number of hydrogen-bond acceptors (Lipinski definition) is 3. The van der Waals surface area contributed by atoms with E-state index in [9.17, 15) is 10.2 Å². The van der Waals surface area contributed by atoms with Gasteiger partial charge < -0.3 is 10.2 Å². The minimum absolute atomic E-state index is 0.0661. The highest BCUT2D eigenvalue weighted by Gasteiger charge is 2.08. The second kappa shape index (κ2) is 11.8. The smallest absolute Gasteiger partial charge is 0.213 e. The van der Waals surface area contributed by atoms with Crippen LogP contribution in [0.3, 0.4) is 0 Å². The Kier molecular flexibility index (Phi) is 9.40. The van der Waals surface area contributed by atoms with Crippen LogP contribution in [-0.4, -0.2) is 14.9 Å². The fourth-order valence-electron chi connectivity index (χ4n) is 3.28. The summed E-state index contributed by atoms with van der Waals surface area (Å²) in [6.07, 6.45) is 14.3. The fourth-order valence-corrected chi connectivity index (χ4v) is 3.44. The molecule has 0 atom stereocenters. The Morgan fingerprint density at radius 1 is 0.815 bits per heavy atom. The molecule has 0 spiro atoms. The Morgan fingerprint density at radius 3 is 1.96 bits per heavy atom. The second-order valence-corrected chi connectivity index (χ2v) is 7.65.